The van der Waals surface area contributed by atoms with Crippen LogP contribution in [0.2, 0.25) is 4.34 Å². The van der Waals surface area contributed by atoms with Crippen molar-refractivity contribution in [3.8, 4) is 0 Å². The molecule has 0 bridgehead atoms. The second-order valence-electron chi connectivity index (χ2n) is 3.64. The third-order valence-electron chi connectivity index (χ3n) is 2.28. The molecule has 2 aromatic rings. The summed E-state index contributed by atoms with van der Waals surface area (Å²) in [4.78, 5) is 23.6. The van der Waals surface area contributed by atoms with Crippen molar-refractivity contribution in [3.63, 3.8) is 0 Å². The molecule has 2 heterocycles. The summed E-state index contributed by atoms with van der Waals surface area (Å²) in [5.41, 5.74) is -0.172. The van der Waals surface area contributed by atoms with Gasteiger partial charge in [-0.1, -0.05) is 11.6 Å². The van der Waals surface area contributed by atoms with E-state index in [0.29, 0.717) is 4.34 Å². The van der Waals surface area contributed by atoms with Crippen LogP contribution in [0.5, 0.6) is 0 Å². The summed E-state index contributed by atoms with van der Waals surface area (Å²) < 4.78 is 0.674. The first-order valence-corrected chi connectivity index (χ1v) is 6.37. The molecule has 5 nitrogen and oxygen atoms in total. The van der Waals surface area contributed by atoms with E-state index in [0.717, 1.165) is 4.88 Å². The third kappa shape index (κ3) is 2.96. The average molecular weight is 284 g/mol. The number of amides is 1. The van der Waals surface area contributed by atoms with Crippen molar-refractivity contribution in [1.82, 2.24) is 15.5 Å². The molecular weight excluding hydrogens is 274 g/mol. The van der Waals surface area contributed by atoms with Gasteiger partial charge < -0.3 is 5.32 Å². The molecule has 1 amide bonds. The normalized spacial score (nSPS) is 12.1. The Morgan fingerprint density at radius 3 is 2.78 bits per heavy atom. The highest BCUT2D eigenvalue weighted by molar-refractivity contribution is 7.16. The first kappa shape index (κ1) is 12.8. The number of hydrogen-bond acceptors (Lipinski definition) is 4. The predicted octanol–water partition coefficient (Wildman–Crippen LogP) is 1.98. The Labute approximate surface area is 112 Å². The minimum absolute atomic E-state index is 0.163. The van der Waals surface area contributed by atoms with Gasteiger partial charge in [-0.3, -0.25) is 9.59 Å². The molecule has 0 spiro atoms. The summed E-state index contributed by atoms with van der Waals surface area (Å²) in [6, 6.07) is 6.11. The molecule has 0 aliphatic carbocycles. The monoisotopic (exact) mass is 283 g/mol. The molecule has 0 aliphatic rings. The molecule has 0 aromatic carbocycles. The molecule has 0 radical (unpaired) electrons. The first-order chi connectivity index (χ1) is 8.56. The fourth-order valence-electron chi connectivity index (χ4n) is 1.37. The summed E-state index contributed by atoms with van der Waals surface area (Å²) in [6.07, 6.45) is 0. The van der Waals surface area contributed by atoms with Gasteiger partial charge in [-0.15, -0.1) is 11.3 Å². The van der Waals surface area contributed by atoms with Gasteiger partial charge in [0.15, 0.2) is 0 Å². The number of carbonyl (C=O) groups excluding carboxylic acids is 1. The summed E-state index contributed by atoms with van der Waals surface area (Å²) in [5, 5.41) is 8.64. The topological polar surface area (TPSA) is 74.8 Å². The Bertz CT molecular complexity index is 602. The maximum absolute atomic E-state index is 11.8. The maximum Gasteiger partial charge on any atom is 0.272 e. The molecule has 2 rings (SSSR count). The molecule has 0 aliphatic heterocycles. The van der Waals surface area contributed by atoms with Crippen LogP contribution < -0.4 is 10.9 Å². The number of H-pyrrole nitrogens is 1. The van der Waals surface area contributed by atoms with Crippen molar-refractivity contribution >= 4 is 28.8 Å². The zero-order valence-corrected chi connectivity index (χ0v) is 11.0. The van der Waals surface area contributed by atoms with Crippen molar-refractivity contribution in [1.29, 1.82) is 0 Å². The van der Waals surface area contributed by atoms with E-state index in [1.807, 2.05) is 13.0 Å². The lowest BCUT2D eigenvalue weighted by molar-refractivity contribution is 0.0934. The van der Waals surface area contributed by atoms with Crippen LogP contribution in [0.4, 0.5) is 0 Å². The summed E-state index contributed by atoms with van der Waals surface area (Å²) >= 11 is 7.24. The second-order valence-corrected chi connectivity index (χ2v) is 5.39. The Balaban J connectivity index is 2.07. The lowest BCUT2D eigenvalue weighted by Crippen LogP contribution is -2.28. The number of nitrogens with zero attached hydrogens (tertiary/aromatic N) is 1. The lowest BCUT2D eigenvalue weighted by atomic mass is 10.2. The van der Waals surface area contributed by atoms with Gasteiger partial charge in [-0.25, -0.2) is 5.10 Å². The van der Waals surface area contributed by atoms with Crippen LogP contribution in [0, 0.1) is 0 Å². The van der Waals surface area contributed by atoms with Crippen LogP contribution in [0.3, 0.4) is 0 Å². The quantitative estimate of drug-likeness (QED) is 0.904. The van der Waals surface area contributed by atoms with Gasteiger partial charge >= 0.3 is 0 Å². The predicted molar refractivity (Wildman–Crippen MR) is 70.1 cm³/mol. The number of thiophene rings is 1. The highest BCUT2D eigenvalue weighted by Gasteiger charge is 2.14. The van der Waals surface area contributed by atoms with Gasteiger partial charge in [-0.05, 0) is 25.1 Å². The first-order valence-electron chi connectivity index (χ1n) is 5.18. The van der Waals surface area contributed by atoms with Gasteiger partial charge in [0.2, 0.25) is 0 Å². The van der Waals surface area contributed by atoms with Crippen molar-refractivity contribution in [3.05, 3.63) is 49.5 Å². The minimum atomic E-state index is -0.344. The average Bonchev–Trinajstić information content (AvgIpc) is 2.76. The number of halogens is 1. The highest BCUT2D eigenvalue weighted by Crippen LogP contribution is 2.26. The number of rotatable bonds is 3. The molecule has 0 unspecified atom stereocenters. The molecule has 0 fully saturated rings. The molecule has 2 aromatic heterocycles. The van der Waals surface area contributed by atoms with Gasteiger partial charge in [0.25, 0.3) is 11.5 Å². The van der Waals surface area contributed by atoms with Crippen LogP contribution in [0.1, 0.15) is 28.3 Å². The Kier molecular flexibility index (Phi) is 3.78. The van der Waals surface area contributed by atoms with Gasteiger partial charge in [0.1, 0.15) is 5.69 Å². The van der Waals surface area contributed by atoms with E-state index in [2.05, 4.69) is 15.5 Å². The zero-order valence-electron chi connectivity index (χ0n) is 9.44. The minimum Gasteiger partial charge on any atom is -0.343 e. The summed E-state index contributed by atoms with van der Waals surface area (Å²) in [6.45, 7) is 1.85. The van der Waals surface area contributed by atoms with E-state index in [-0.39, 0.29) is 23.2 Å². The van der Waals surface area contributed by atoms with E-state index in [1.54, 1.807) is 6.07 Å². The van der Waals surface area contributed by atoms with E-state index >= 15 is 0 Å². The lowest BCUT2D eigenvalue weighted by Gasteiger charge is -2.11. The van der Waals surface area contributed by atoms with E-state index < -0.39 is 0 Å². The number of nitrogens with one attached hydrogen (secondary N) is 2. The number of aromatic nitrogens is 2. The number of carbonyl (C=O) groups is 1. The van der Waals surface area contributed by atoms with Crippen LogP contribution in [0.15, 0.2) is 29.1 Å². The fraction of sp³-hybridized carbons (Fsp3) is 0.182. The van der Waals surface area contributed by atoms with Crippen molar-refractivity contribution in [2.45, 2.75) is 13.0 Å². The largest absolute Gasteiger partial charge is 0.343 e. The molecule has 0 saturated carbocycles. The van der Waals surface area contributed by atoms with Crippen molar-refractivity contribution in [2.24, 2.45) is 0 Å². The van der Waals surface area contributed by atoms with Gasteiger partial charge in [-0.2, -0.15) is 5.10 Å². The summed E-state index contributed by atoms with van der Waals surface area (Å²) in [7, 11) is 0. The summed E-state index contributed by atoms with van der Waals surface area (Å²) in [5.74, 6) is -0.344. The van der Waals surface area contributed by atoms with Gasteiger partial charge in [0, 0.05) is 10.9 Å². The Morgan fingerprint density at radius 2 is 2.22 bits per heavy atom. The van der Waals surface area contributed by atoms with Gasteiger partial charge in [0.05, 0.1) is 10.4 Å². The number of hydrogen-bond donors (Lipinski definition) is 2. The van der Waals surface area contributed by atoms with Crippen LogP contribution >= 0.6 is 22.9 Å². The highest BCUT2D eigenvalue weighted by atomic mass is 35.5. The molecule has 0 saturated heterocycles. The SMILES string of the molecule is C[C@H](NC(=O)c1ccc(=O)[nH]n1)c1ccc(Cl)s1. The maximum atomic E-state index is 11.8. The fourth-order valence-corrected chi connectivity index (χ4v) is 2.44. The van der Waals surface area contributed by atoms with E-state index in [9.17, 15) is 9.59 Å². The molecule has 18 heavy (non-hydrogen) atoms. The standard InChI is InChI=1S/C11H10ClN3O2S/c1-6(8-3-4-9(12)18-8)13-11(17)7-2-5-10(16)15-14-7/h2-6H,1H3,(H,13,17)(H,15,16)/t6-/m0/s1. The molecule has 94 valence electrons. The molecule has 2 N–H and O–H groups in total. The smallest absolute Gasteiger partial charge is 0.272 e. The third-order valence-corrected chi connectivity index (χ3v) is 3.69. The Morgan fingerprint density at radius 1 is 1.44 bits per heavy atom. The molecule has 1 atom stereocenters. The van der Waals surface area contributed by atoms with Crippen molar-refractivity contribution in [2.75, 3.05) is 0 Å². The van der Waals surface area contributed by atoms with Crippen LogP contribution in [0.25, 0.3) is 0 Å². The second kappa shape index (κ2) is 5.32. The number of aromatic amines is 1. The van der Waals surface area contributed by atoms with Crippen LogP contribution in [-0.2, 0) is 0 Å². The molecule has 7 heteroatoms. The van der Waals surface area contributed by atoms with E-state index in [1.165, 1.54) is 23.5 Å². The Hall–Kier alpha value is -1.66. The zero-order chi connectivity index (χ0) is 13.1. The van der Waals surface area contributed by atoms with Crippen molar-refractivity contribution < 1.29 is 4.79 Å². The van der Waals surface area contributed by atoms with E-state index in [4.69, 9.17) is 11.6 Å². The molecular formula is C11H10ClN3O2S. The van der Waals surface area contributed by atoms with Crippen LogP contribution in [-0.4, -0.2) is 16.1 Å².